The summed E-state index contributed by atoms with van der Waals surface area (Å²) in [6, 6.07) is 7.45. The molecule has 0 aliphatic rings. The summed E-state index contributed by atoms with van der Waals surface area (Å²) in [7, 11) is 0. The standard InChI is InChI=1S/C15H21NO2S/c1-4-9-16-14(17)10-19-13-7-5-12(6-8-13)15(18)11(2)3/h5-8,11H,4,9-10H2,1-3H3,(H,16,17). The third kappa shape index (κ3) is 5.47. The van der Waals surface area contributed by atoms with Gasteiger partial charge in [-0.25, -0.2) is 0 Å². The van der Waals surface area contributed by atoms with E-state index in [1.165, 1.54) is 11.8 Å². The zero-order valence-electron chi connectivity index (χ0n) is 11.7. The summed E-state index contributed by atoms with van der Waals surface area (Å²) in [5, 5.41) is 2.83. The summed E-state index contributed by atoms with van der Waals surface area (Å²) in [6.45, 7) is 6.53. The quantitative estimate of drug-likeness (QED) is 0.616. The molecule has 19 heavy (non-hydrogen) atoms. The van der Waals surface area contributed by atoms with Crippen LogP contribution in [0.3, 0.4) is 0 Å². The van der Waals surface area contributed by atoms with E-state index in [1.807, 2.05) is 45.0 Å². The topological polar surface area (TPSA) is 46.2 Å². The van der Waals surface area contributed by atoms with Crippen LogP contribution in [0.15, 0.2) is 29.2 Å². The molecule has 0 saturated carbocycles. The van der Waals surface area contributed by atoms with Gasteiger partial charge in [0, 0.05) is 22.9 Å². The number of hydrogen-bond acceptors (Lipinski definition) is 3. The van der Waals surface area contributed by atoms with Crippen molar-refractivity contribution >= 4 is 23.5 Å². The lowest BCUT2D eigenvalue weighted by atomic mass is 10.0. The number of thioether (sulfide) groups is 1. The molecular formula is C15H21NO2S. The van der Waals surface area contributed by atoms with Crippen molar-refractivity contribution < 1.29 is 9.59 Å². The van der Waals surface area contributed by atoms with Gasteiger partial charge in [0.2, 0.25) is 5.91 Å². The number of carbonyl (C=O) groups excluding carboxylic acids is 2. The summed E-state index contributed by atoms with van der Waals surface area (Å²) >= 11 is 1.48. The minimum absolute atomic E-state index is 0.0123. The summed E-state index contributed by atoms with van der Waals surface area (Å²) in [5.41, 5.74) is 0.731. The molecule has 4 heteroatoms. The molecule has 1 amide bonds. The number of carbonyl (C=O) groups is 2. The van der Waals surface area contributed by atoms with Crippen LogP contribution in [-0.2, 0) is 4.79 Å². The minimum Gasteiger partial charge on any atom is -0.355 e. The van der Waals surface area contributed by atoms with E-state index in [1.54, 1.807) is 0 Å². The Balaban J connectivity index is 2.49. The van der Waals surface area contributed by atoms with Crippen LogP contribution in [0.5, 0.6) is 0 Å². The van der Waals surface area contributed by atoms with Gasteiger partial charge < -0.3 is 5.32 Å². The Morgan fingerprint density at radius 3 is 2.37 bits per heavy atom. The highest BCUT2D eigenvalue weighted by molar-refractivity contribution is 8.00. The van der Waals surface area contributed by atoms with Crippen molar-refractivity contribution in [3.63, 3.8) is 0 Å². The van der Waals surface area contributed by atoms with Gasteiger partial charge in [0.25, 0.3) is 0 Å². The Morgan fingerprint density at radius 2 is 1.84 bits per heavy atom. The van der Waals surface area contributed by atoms with Gasteiger partial charge in [-0.1, -0.05) is 32.9 Å². The second-order valence-corrected chi connectivity index (χ2v) is 5.73. The number of hydrogen-bond donors (Lipinski definition) is 1. The van der Waals surface area contributed by atoms with Crippen molar-refractivity contribution in [1.82, 2.24) is 5.32 Å². The Hall–Kier alpha value is -1.29. The summed E-state index contributed by atoms with van der Waals surface area (Å²) < 4.78 is 0. The number of benzene rings is 1. The molecule has 0 fully saturated rings. The van der Waals surface area contributed by atoms with E-state index in [0.717, 1.165) is 23.4 Å². The SMILES string of the molecule is CCCNC(=O)CSc1ccc(C(=O)C(C)C)cc1. The molecule has 1 aromatic carbocycles. The number of ketones is 1. The summed E-state index contributed by atoms with van der Waals surface area (Å²) in [6.07, 6.45) is 0.947. The van der Waals surface area contributed by atoms with Gasteiger partial charge >= 0.3 is 0 Å². The Labute approximate surface area is 119 Å². The van der Waals surface area contributed by atoms with Crippen LogP contribution in [0.2, 0.25) is 0 Å². The van der Waals surface area contributed by atoms with Crippen LogP contribution in [0.4, 0.5) is 0 Å². The molecule has 0 radical (unpaired) electrons. The van der Waals surface area contributed by atoms with Crippen LogP contribution in [0.1, 0.15) is 37.6 Å². The summed E-state index contributed by atoms with van der Waals surface area (Å²) in [4.78, 5) is 24.2. The molecule has 3 nitrogen and oxygen atoms in total. The van der Waals surface area contributed by atoms with E-state index in [0.29, 0.717) is 5.75 Å². The third-order valence-corrected chi connectivity index (χ3v) is 3.62. The first-order valence-corrected chi connectivity index (χ1v) is 7.57. The van der Waals surface area contributed by atoms with Gasteiger partial charge in [0.1, 0.15) is 0 Å². The van der Waals surface area contributed by atoms with Crippen LogP contribution in [0, 0.1) is 5.92 Å². The van der Waals surface area contributed by atoms with Crippen molar-refractivity contribution in [2.24, 2.45) is 5.92 Å². The van der Waals surface area contributed by atoms with Crippen molar-refractivity contribution in [2.75, 3.05) is 12.3 Å². The highest BCUT2D eigenvalue weighted by Crippen LogP contribution is 2.19. The predicted molar refractivity (Wildman–Crippen MR) is 79.6 cm³/mol. The summed E-state index contributed by atoms with van der Waals surface area (Å²) in [5.74, 6) is 0.627. The van der Waals surface area contributed by atoms with Crippen molar-refractivity contribution in [2.45, 2.75) is 32.1 Å². The molecule has 0 unspecified atom stereocenters. The fourth-order valence-electron chi connectivity index (χ4n) is 1.51. The fraction of sp³-hybridized carbons (Fsp3) is 0.467. The zero-order chi connectivity index (χ0) is 14.3. The zero-order valence-corrected chi connectivity index (χ0v) is 12.5. The number of rotatable bonds is 7. The fourth-order valence-corrected chi connectivity index (χ4v) is 2.24. The molecule has 0 aromatic heterocycles. The van der Waals surface area contributed by atoms with E-state index < -0.39 is 0 Å². The number of Topliss-reactive ketones (excluding diaryl/α,β-unsaturated/α-hetero) is 1. The second-order valence-electron chi connectivity index (χ2n) is 4.68. The van der Waals surface area contributed by atoms with Crippen LogP contribution in [0.25, 0.3) is 0 Å². The van der Waals surface area contributed by atoms with Gasteiger partial charge in [0.05, 0.1) is 5.75 Å². The predicted octanol–water partition coefficient (Wildman–Crippen LogP) is 3.14. The van der Waals surface area contributed by atoms with E-state index >= 15 is 0 Å². The molecule has 1 N–H and O–H groups in total. The third-order valence-electron chi connectivity index (χ3n) is 2.61. The lowest BCUT2D eigenvalue weighted by molar-refractivity contribution is -0.118. The van der Waals surface area contributed by atoms with E-state index in [9.17, 15) is 9.59 Å². The van der Waals surface area contributed by atoms with Gasteiger partial charge in [0.15, 0.2) is 5.78 Å². The highest BCUT2D eigenvalue weighted by atomic mass is 32.2. The largest absolute Gasteiger partial charge is 0.355 e. The van der Waals surface area contributed by atoms with E-state index in [-0.39, 0.29) is 17.6 Å². The molecule has 0 atom stereocenters. The van der Waals surface area contributed by atoms with Gasteiger partial charge in [-0.3, -0.25) is 9.59 Å². The van der Waals surface area contributed by atoms with Crippen LogP contribution < -0.4 is 5.32 Å². The normalized spacial score (nSPS) is 10.5. The average Bonchev–Trinajstić information content (AvgIpc) is 2.42. The minimum atomic E-state index is 0.0123. The molecule has 0 heterocycles. The van der Waals surface area contributed by atoms with Gasteiger partial charge in [-0.15, -0.1) is 11.8 Å². The number of nitrogens with one attached hydrogen (secondary N) is 1. The molecular weight excluding hydrogens is 258 g/mol. The Kier molecular flexibility index (Phi) is 6.64. The maximum Gasteiger partial charge on any atom is 0.230 e. The van der Waals surface area contributed by atoms with Gasteiger partial charge in [-0.05, 0) is 18.6 Å². The lowest BCUT2D eigenvalue weighted by Gasteiger charge is -2.06. The number of amides is 1. The molecule has 1 rings (SSSR count). The van der Waals surface area contributed by atoms with Crippen molar-refractivity contribution in [3.05, 3.63) is 29.8 Å². The Bertz CT molecular complexity index is 426. The maximum atomic E-state index is 11.8. The highest BCUT2D eigenvalue weighted by Gasteiger charge is 2.10. The molecule has 0 aliphatic heterocycles. The van der Waals surface area contributed by atoms with Crippen molar-refractivity contribution in [3.8, 4) is 0 Å². The Morgan fingerprint density at radius 1 is 1.21 bits per heavy atom. The second kappa shape index (κ2) is 8.00. The monoisotopic (exact) mass is 279 g/mol. The molecule has 0 aliphatic carbocycles. The lowest BCUT2D eigenvalue weighted by Crippen LogP contribution is -2.25. The van der Waals surface area contributed by atoms with Gasteiger partial charge in [-0.2, -0.15) is 0 Å². The first-order valence-electron chi connectivity index (χ1n) is 6.58. The molecule has 0 saturated heterocycles. The maximum absolute atomic E-state index is 11.8. The molecule has 0 bridgehead atoms. The van der Waals surface area contributed by atoms with Crippen molar-refractivity contribution in [1.29, 1.82) is 0 Å². The average molecular weight is 279 g/mol. The van der Waals surface area contributed by atoms with E-state index in [4.69, 9.17) is 0 Å². The first-order chi connectivity index (χ1) is 9.04. The molecule has 0 spiro atoms. The molecule has 1 aromatic rings. The van der Waals surface area contributed by atoms with E-state index in [2.05, 4.69) is 5.32 Å². The first kappa shape index (κ1) is 15.8. The molecule has 104 valence electrons. The smallest absolute Gasteiger partial charge is 0.230 e. The van der Waals surface area contributed by atoms with Crippen LogP contribution in [-0.4, -0.2) is 24.0 Å². The van der Waals surface area contributed by atoms with Crippen LogP contribution >= 0.6 is 11.8 Å².